The molecule has 3 aromatic heterocycles. The number of rotatable bonds is 13. The van der Waals surface area contributed by atoms with Crippen molar-refractivity contribution in [2.24, 2.45) is 0 Å². The number of hydrogen-bond acceptors (Lipinski definition) is 10. The van der Waals surface area contributed by atoms with Gasteiger partial charge in [0.2, 0.25) is 15.8 Å². The predicted octanol–water partition coefficient (Wildman–Crippen LogP) is 4.38. The molecule has 16 heteroatoms. The van der Waals surface area contributed by atoms with E-state index in [0.717, 1.165) is 28.6 Å². The van der Waals surface area contributed by atoms with Crippen LogP contribution in [0.25, 0.3) is 16.7 Å². The lowest BCUT2D eigenvalue weighted by Gasteiger charge is -2.24. The Kier molecular flexibility index (Phi) is 10.5. The van der Waals surface area contributed by atoms with Crippen LogP contribution in [-0.2, 0) is 39.0 Å². The zero-order valence-electron chi connectivity index (χ0n) is 26.2. The molecular weight excluding hydrogens is 672 g/mol. The van der Waals surface area contributed by atoms with Crippen LogP contribution in [0.1, 0.15) is 38.6 Å². The van der Waals surface area contributed by atoms with Gasteiger partial charge in [-0.3, -0.25) is 0 Å². The number of aromatic nitrogens is 6. The highest BCUT2D eigenvalue weighted by Gasteiger charge is 2.20. The Morgan fingerprint density at radius 3 is 2.52 bits per heavy atom. The van der Waals surface area contributed by atoms with E-state index in [1.165, 1.54) is 10.7 Å². The second-order valence-electron chi connectivity index (χ2n) is 12.3. The van der Waals surface area contributed by atoms with Crippen molar-refractivity contribution in [2.45, 2.75) is 57.6 Å². The van der Waals surface area contributed by atoms with Crippen molar-refractivity contribution in [3.05, 3.63) is 40.3 Å². The normalized spacial score (nSPS) is 13.0. The van der Waals surface area contributed by atoms with Gasteiger partial charge in [-0.2, -0.15) is 19.6 Å². The van der Waals surface area contributed by atoms with Gasteiger partial charge in [0.25, 0.3) is 5.16 Å². The molecule has 242 valence electrons. The van der Waals surface area contributed by atoms with Crippen LogP contribution in [-0.4, -0.2) is 93.2 Å². The fourth-order valence-electron chi connectivity index (χ4n) is 4.25. The molecular formula is C28H41BrN8O5S2. The molecule has 0 aliphatic carbocycles. The summed E-state index contributed by atoms with van der Waals surface area (Å²) in [6.45, 7) is 7.09. The number of sulfone groups is 1. The molecule has 0 bridgehead atoms. The molecule has 13 nitrogen and oxygen atoms in total. The monoisotopic (exact) mass is 712 g/mol. The first-order chi connectivity index (χ1) is 20.5. The summed E-state index contributed by atoms with van der Waals surface area (Å²) in [5.74, 6) is 1.87. The number of ether oxygens (including phenoxy) is 2. The summed E-state index contributed by atoms with van der Waals surface area (Å²) in [6.07, 6.45) is 10.3. The Labute approximate surface area is 267 Å². The SMILES string of the molecule is CC(C)(C)OC(=O)NCCCc1cccc2c1nc(CNc1nc(S(C)(=O)=O)nc3c(Br)cnn13)n2COCCS(C)(C)C. The first kappa shape index (κ1) is 33.9. The van der Waals surface area contributed by atoms with E-state index in [-0.39, 0.29) is 17.6 Å². The number of carbonyl (C=O) groups excluding carboxylic acids is 1. The number of alkyl carbamates (subject to hydrolysis) is 1. The summed E-state index contributed by atoms with van der Waals surface area (Å²) >= 11 is 3.38. The van der Waals surface area contributed by atoms with Gasteiger partial charge < -0.3 is 24.7 Å². The molecule has 0 saturated heterocycles. The second-order valence-corrected chi connectivity index (χ2v) is 19.6. The third-order valence-electron chi connectivity index (χ3n) is 6.33. The molecule has 0 saturated carbocycles. The summed E-state index contributed by atoms with van der Waals surface area (Å²) in [7, 11) is -4.39. The van der Waals surface area contributed by atoms with Crippen LogP contribution in [0, 0.1) is 0 Å². The number of hydrogen-bond donors (Lipinski definition) is 2. The largest absolute Gasteiger partial charge is 0.444 e. The molecule has 0 aliphatic heterocycles. The molecule has 3 heterocycles. The highest BCUT2D eigenvalue weighted by atomic mass is 79.9. The Morgan fingerprint density at radius 2 is 1.84 bits per heavy atom. The lowest BCUT2D eigenvalue weighted by atomic mass is 10.1. The Hall–Kier alpha value is -2.95. The van der Waals surface area contributed by atoms with Crippen molar-refractivity contribution < 1.29 is 22.7 Å². The number of imidazole rings is 1. The quantitative estimate of drug-likeness (QED) is 0.191. The first-order valence-electron chi connectivity index (χ1n) is 14.0. The number of benzene rings is 1. The minimum atomic E-state index is -3.68. The van der Waals surface area contributed by atoms with E-state index in [4.69, 9.17) is 14.5 Å². The molecule has 44 heavy (non-hydrogen) atoms. The van der Waals surface area contributed by atoms with Crippen LogP contribution in [0.3, 0.4) is 0 Å². The third-order valence-corrected chi connectivity index (χ3v) is 9.13. The Bertz CT molecular complexity index is 1740. The van der Waals surface area contributed by atoms with Gasteiger partial charge in [-0.15, -0.1) is 0 Å². The van der Waals surface area contributed by atoms with Crippen LogP contribution < -0.4 is 10.6 Å². The van der Waals surface area contributed by atoms with Crippen molar-refractivity contribution in [3.63, 3.8) is 0 Å². The average molecular weight is 714 g/mol. The Balaban J connectivity index is 1.59. The number of halogens is 1. The number of aryl methyl sites for hydroxylation is 1. The number of para-hydroxylation sites is 1. The van der Waals surface area contributed by atoms with Gasteiger partial charge >= 0.3 is 6.09 Å². The molecule has 2 N–H and O–H groups in total. The lowest BCUT2D eigenvalue weighted by Crippen LogP contribution is -2.33. The molecule has 0 radical (unpaired) electrons. The fourth-order valence-corrected chi connectivity index (χ4v) is 5.72. The van der Waals surface area contributed by atoms with Gasteiger partial charge in [0.15, 0.2) is 5.65 Å². The van der Waals surface area contributed by atoms with Crippen LogP contribution in [0.4, 0.5) is 10.7 Å². The molecule has 4 rings (SSSR count). The highest BCUT2D eigenvalue weighted by molar-refractivity contribution is 9.10. The number of amides is 1. The molecule has 0 unspecified atom stereocenters. The van der Waals surface area contributed by atoms with E-state index in [9.17, 15) is 13.2 Å². The minimum absolute atomic E-state index is 0.213. The number of fused-ring (bicyclic) bond motifs is 2. The van der Waals surface area contributed by atoms with E-state index in [1.807, 2.05) is 43.5 Å². The number of carbonyl (C=O) groups is 1. The van der Waals surface area contributed by atoms with Gasteiger partial charge in [0.1, 0.15) is 18.2 Å². The summed E-state index contributed by atoms with van der Waals surface area (Å²) in [5.41, 5.74) is 2.55. The maximum atomic E-state index is 12.3. The number of nitrogens with zero attached hydrogens (tertiary/aromatic N) is 6. The molecule has 0 fully saturated rings. The molecule has 0 spiro atoms. The number of nitrogens with one attached hydrogen (secondary N) is 2. The van der Waals surface area contributed by atoms with Gasteiger partial charge in [0.05, 0.1) is 34.9 Å². The summed E-state index contributed by atoms with van der Waals surface area (Å²) in [6, 6.07) is 6.02. The van der Waals surface area contributed by atoms with E-state index in [1.54, 1.807) is 0 Å². The maximum Gasteiger partial charge on any atom is 0.407 e. The van der Waals surface area contributed by atoms with Gasteiger partial charge in [-0.1, -0.05) is 12.1 Å². The number of anilines is 1. The molecule has 1 aromatic carbocycles. The van der Waals surface area contributed by atoms with Crippen molar-refractivity contribution in [2.75, 3.05) is 49.2 Å². The van der Waals surface area contributed by atoms with E-state index in [0.29, 0.717) is 48.7 Å². The van der Waals surface area contributed by atoms with E-state index in [2.05, 4.69) is 60.4 Å². The van der Waals surface area contributed by atoms with Crippen LogP contribution in [0.5, 0.6) is 0 Å². The highest BCUT2D eigenvalue weighted by Crippen LogP contribution is 2.33. The summed E-state index contributed by atoms with van der Waals surface area (Å²) in [4.78, 5) is 25.4. The third kappa shape index (κ3) is 9.05. The van der Waals surface area contributed by atoms with Crippen molar-refractivity contribution in [3.8, 4) is 0 Å². The predicted molar refractivity (Wildman–Crippen MR) is 177 cm³/mol. The van der Waals surface area contributed by atoms with Crippen LogP contribution >= 0.6 is 26.0 Å². The van der Waals surface area contributed by atoms with E-state index < -0.39 is 31.6 Å². The zero-order valence-corrected chi connectivity index (χ0v) is 29.4. The molecule has 1 amide bonds. The van der Waals surface area contributed by atoms with Gasteiger partial charge in [0, 0.05) is 18.6 Å². The van der Waals surface area contributed by atoms with Crippen molar-refractivity contribution in [1.82, 2.24) is 34.4 Å². The summed E-state index contributed by atoms with van der Waals surface area (Å²) < 4.78 is 40.1. The standard InChI is InChI=1S/C28H41BrN8O5S2/c1-28(2,3)42-27(38)30-13-9-11-19-10-8-12-21-23(19)33-22(36(21)18-41-14-15-43(4,5)6)17-31-25-35-26(44(7,39)40)34-24-20(29)16-32-37(24)25/h8,10,12,16H,9,11,13-15,17-18H2,1-7H3,(H,30,38)(H,31,34,35). The van der Waals surface area contributed by atoms with Gasteiger partial charge in [-0.25, -0.2) is 28.2 Å². The first-order valence-corrected chi connectivity index (χ1v) is 19.8. The van der Waals surface area contributed by atoms with Crippen LogP contribution in [0.15, 0.2) is 34.0 Å². The fraction of sp³-hybridized carbons (Fsp3) is 0.536. The smallest absolute Gasteiger partial charge is 0.407 e. The van der Waals surface area contributed by atoms with Crippen LogP contribution in [0.2, 0.25) is 0 Å². The molecule has 0 aliphatic rings. The van der Waals surface area contributed by atoms with E-state index >= 15 is 0 Å². The Morgan fingerprint density at radius 1 is 1.09 bits per heavy atom. The lowest BCUT2D eigenvalue weighted by molar-refractivity contribution is 0.0527. The molecule has 0 atom stereocenters. The molecule has 4 aromatic rings. The topological polar surface area (TPSA) is 155 Å². The maximum absolute atomic E-state index is 12.3. The minimum Gasteiger partial charge on any atom is -0.444 e. The summed E-state index contributed by atoms with van der Waals surface area (Å²) in [5, 5.41) is 10.0. The van der Waals surface area contributed by atoms with Crippen molar-refractivity contribution in [1.29, 1.82) is 0 Å². The van der Waals surface area contributed by atoms with Gasteiger partial charge in [-0.05, 0) is 79.9 Å². The average Bonchev–Trinajstić information content (AvgIpc) is 3.46. The second kappa shape index (κ2) is 13.6. The van der Waals surface area contributed by atoms with Crippen molar-refractivity contribution >= 4 is 64.5 Å². The zero-order chi connectivity index (χ0) is 32.3.